The van der Waals surface area contributed by atoms with Crippen molar-refractivity contribution in [3.63, 3.8) is 0 Å². The molecule has 0 aliphatic carbocycles. The lowest BCUT2D eigenvalue weighted by molar-refractivity contribution is 0.184. The van der Waals surface area contributed by atoms with Gasteiger partial charge in [0, 0.05) is 18.7 Å². The van der Waals surface area contributed by atoms with Gasteiger partial charge in [0.25, 0.3) is 0 Å². The molecule has 15 heavy (non-hydrogen) atoms. The zero-order chi connectivity index (χ0) is 10.8. The van der Waals surface area contributed by atoms with Crippen molar-refractivity contribution in [2.75, 3.05) is 11.9 Å². The Morgan fingerprint density at radius 1 is 1.53 bits per heavy atom. The molecule has 2 atom stereocenters. The molecule has 1 aliphatic rings. The Labute approximate surface area is 91.3 Å². The minimum absolute atomic E-state index is 0.232. The molecule has 82 valence electrons. The summed E-state index contributed by atoms with van der Waals surface area (Å²) < 4.78 is 0. The number of β-amino-alcohol motifs (C(OH)–C–C–N with tert-alkyl or cyclic N) is 1. The summed E-state index contributed by atoms with van der Waals surface area (Å²) in [7, 11) is 0. The van der Waals surface area contributed by atoms with Crippen molar-refractivity contribution in [2.24, 2.45) is 0 Å². The molecule has 0 bridgehead atoms. The smallest absolute Gasteiger partial charge is 0.0753 e. The molecule has 1 aromatic carbocycles. The molecule has 2 unspecified atom stereocenters. The molecule has 0 fully saturated rings. The topological polar surface area (TPSA) is 32.3 Å². The van der Waals surface area contributed by atoms with Crippen LogP contribution in [0.1, 0.15) is 37.3 Å². The number of aliphatic hydroxyl groups excluding tert-OH is 1. The van der Waals surface area contributed by atoms with Gasteiger partial charge in [-0.25, -0.2) is 0 Å². The van der Waals surface area contributed by atoms with Gasteiger partial charge in [-0.15, -0.1) is 0 Å². The molecule has 1 aliphatic heterocycles. The van der Waals surface area contributed by atoms with E-state index in [0.29, 0.717) is 12.5 Å². The van der Waals surface area contributed by atoms with Crippen LogP contribution in [0.15, 0.2) is 18.2 Å². The summed E-state index contributed by atoms with van der Waals surface area (Å²) in [6.45, 7) is 5.13. The molecule has 0 saturated carbocycles. The van der Waals surface area contributed by atoms with Crippen LogP contribution in [0, 0.1) is 0 Å². The molecular weight excluding hydrogens is 186 g/mol. The van der Waals surface area contributed by atoms with Gasteiger partial charge in [0.1, 0.15) is 0 Å². The van der Waals surface area contributed by atoms with E-state index < -0.39 is 0 Å². The Balaban J connectivity index is 2.28. The first-order valence-corrected chi connectivity index (χ1v) is 5.75. The van der Waals surface area contributed by atoms with E-state index in [1.165, 1.54) is 16.8 Å². The van der Waals surface area contributed by atoms with E-state index >= 15 is 0 Å². The molecule has 2 heteroatoms. The molecule has 0 aromatic heterocycles. The third-order valence-corrected chi connectivity index (χ3v) is 3.29. The van der Waals surface area contributed by atoms with Gasteiger partial charge >= 0.3 is 0 Å². The standard InChI is InChI=1S/C13H19NO/c1-3-9(2)10-4-5-13-11(6-10)7-12(15)8-14-13/h4-6,9,12,14-15H,3,7-8H2,1-2H3. The number of hydrogen-bond acceptors (Lipinski definition) is 2. The third-order valence-electron chi connectivity index (χ3n) is 3.29. The van der Waals surface area contributed by atoms with E-state index in [0.717, 1.165) is 12.8 Å². The fraction of sp³-hybridized carbons (Fsp3) is 0.538. The average molecular weight is 205 g/mol. The van der Waals surface area contributed by atoms with Crippen LogP contribution in [0.25, 0.3) is 0 Å². The monoisotopic (exact) mass is 205 g/mol. The maximum absolute atomic E-state index is 9.58. The molecule has 2 N–H and O–H groups in total. The average Bonchev–Trinajstić information content (AvgIpc) is 2.27. The molecule has 0 amide bonds. The summed E-state index contributed by atoms with van der Waals surface area (Å²) in [4.78, 5) is 0. The summed E-state index contributed by atoms with van der Waals surface area (Å²) in [5, 5.41) is 12.8. The van der Waals surface area contributed by atoms with E-state index in [4.69, 9.17) is 0 Å². The van der Waals surface area contributed by atoms with E-state index in [2.05, 4.69) is 37.4 Å². The normalized spacial score (nSPS) is 21.7. The van der Waals surface area contributed by atoms with Crippen molar-refractivity contribution >= 4 is 5.69 Å². The SMILES string of the molecule is CCC(C)c1ccc2c(c1)CC(O)CN2. The zero-order valence-electron chi connectivity index (χ0n) is 9.46. The molecule has 0 radical (unpaired) electrons. The fourth-order valence-corrected chi connectivity index (χ4v) is 2.05. The van der Waals surface area contributed by atoms with Crippen LogP contribution in [0.4, 0.5) is 5.69 Å². The number of rotatable bonds is 2. The zero-order valence-corrected chi connectivity index (χ0v) is 9.46. The summed E-state index contributed by atoms with van der Waals surface area (Å²) in [6, 6.07) is 6.57. The summed E-state index contributed by atoms with van der Waals surface area (Å²) >= 11 is 0. The first-order valence-electron chi connectivity index (χ1n) is 5.75. The molecular formula is C13H19NO. The van der Waals surface area contributed by atoms with Gasteiger partial charge in [0.05, 0.1) is 6.10 Å². The highest BCUT2D eigenvalue weighted by molar-refractivity contribution is 5.55. The third kappa shape index (κ3) is 2.15. The number of hydrogen-bond donors (Lipinski definition) is 2. The summed E-state index contributed by atoms with van der Waals surface area (Å²) in [5.41, 5.74) is 3.83. The van der Waals surface area contributed by atoms with E-state index in [1.54, 1.807) is 0 Å². The van der Waals surface area contributed by atoms with Crippen molar-refractivity contribution in [1.82, 2.24) is 0 Å². The molecule has 1 aromatic rings. The van der Waals surface area contributed by atoms with Gasteiger partial charge < -0.3 is 10.4 Å². The van der Waals surface area contributed by atoms with E-state index in [9.17, 15) is 5.11 Å². The molecule has 1 heterocycles. The van der Waals surface area contributed by atoms with E-state index in [1.807, 2.05) is 0 Å². The fourth-order valence-electron chi connectivity index (χ4n) is 2.05. The highest BCUT2D eigenvalue weighted by Crippen LogP contribution is 2.27. The van der Waals surface area contributed by atoms with Gasteiger partial charge in [-0.2, -0.15) is 0 Å². The highest BCUT2D eigenvalue weighted by atomic mass is 16.3. The first kappa shape index (κ1) is 10.5. The Hall–Kier alpha value is -1.02. The predicted octanol–water partition coefficient (Wildman–Crippen LogP) is 2.53. The first-order chi connectivity index (χ1) is 7.20. The Morgan fingerprint density at radius 2 is 2.33 bits per heavy atom. The second kappa shape index (κ2) is 4.23. The van der Waals surface area contributed by atoms with Gasteiger partial charge in [-0.3, -0.25) is 0 Å². The van der Waals surface area contributed by atoms with Crippen LogP contribution in [0.5, 0.6) is 0 Å². The highest BCUT2D eigenvalue weighted by Gasteiger charge is 2.16. The molecule has 0 spiro atoms. The van der Waals surface area contributed by atoms with Crippen molar-refractivity contribution in [3.8, 4) is 0 Å². The van der Waals surface area contributed by atoms with Gasteiger partial charge in [0.15, 0.2) is 0 Å². The number of nitrogens with one attached hydrogen (secondary N) is 1. The van der Waals surface area contributed by atoms with Crippen LogP contribution < -0.4 is 5.32 Å². The maximum atomic E-state index is 9.58. The van der Waals surface area contributed by atoms with Crippen LogP contribution in [0.2, 0.25) is 0 Å². The van der Waals surface area contributed by atoms with Crippen LogP contribution in [-0.4, -0.2) is 17.8 Å². The van der Waals surface area contributed by atoms with Crippen molar-refractivity contribution in [2.45, 2.75) is 38.7 Å². The number of anilines is 1. The van der Waals surface area contributed by atoms with Crippen LogP contribution >= 0.6 is 0 Å². The second-order valence-corrected chi connectivity index (χ2v) is 4.46. The molecule has 2 rings (SSSR count). The lowest BCUT2D eigenvalue weighted by Crippen LogP contribution is -2.27. The van der Waals surface area contributed by atoms with Crippen LogP contribution in [0.3, 0.4) is 0 Å². The van der Waals surface area contributed by atoms with Gasteiger partial charge in [-0.1, -0.05) is 26.0 Å². The Kier molecular flexibility index (Phi) is 2.96. The Bertz CT molecular complexity index is 348. The number of benzene rings is 1. The molecule has 0 saturated heterocycles. The quantitative estimate of drug-likeness (QED) is 0.777. The van der Waals surface area contributed by atoms with Gasteiger partial charge in [0.2, 0.25) is 0 Å². The minimum atomic E-state index is -0.232. The maximum Gasteiger partial charge on any atom is 0.0753 e. The summed E-state index contributed by atoms with van der Waals surface area (Å²) in [6.07, 6.45) is 1.71. The van der Waals surface area contributed by atoms with Crippen LogP contribution in [-0.2, 0) is 6.42 Å². The minimum Gasteiger partial charge on any atom is -0.391 e. The largest absolute Gasteiger partial charge is 0.391 e. The van der Waals surface area contributed by atoms with Crippen molar-refractivity contribution in [1.29, 1.82) is 0 Å². The number of fused-ring (bicyclic) bond motifs is 1. The summed E-state index contributed by atoms with van der Waals surface area (Å²) in [5.74, 6) is 0.606. The Morgan fingerprint density at radius 3 is 3.07 bits per heavy atom. The lowest BCUT2D eigenvalue weighted by Gasteiger charge is -2.24. The lowest BCUT2D eigenvalue weighted by atomic mass is 9.93. The molecule has 2 nitrogen and oxygen atoms in total. The van der Waals surface area contributed by atoms with Gasteiger partial charge in [-0.05, 0) is 29.5 Å². The van der Waals surface area contributed by atoms with Crippen molar-refractivity contribution < 1.29 is 5.11 Å². The predicted molar refractivity (Wildman–Crippen MR) is 63.3 cm³/mol. The second-order valence-electron chi connectivity index (χ2n) is 4.46. The van der Waals surface area contributed by atoms with E-state index in [-0.39, 0.29) is 6.10 Å². The number of aliphatic hydroxyl groups is 1. The van der Waals surface area contributed by atoms with Crippen molar-refractivity contribution in [3.05, 3.63) is 29.3 Å².